The second kappa shape index (κ2) is 7.65. The monoisotopic (exact) mass is 343 g/mol. The van der Waals surface area contributed by atoms with Gasteiger partial charge >= 0.3 is 0 Å². The molecule has 0 bridgehead atoms. The number of benzene rings is 1. The Morgan fingerprint density at radius 2 is 2.21 bits per heavy atom. The van der Waals surface area contributed by atoms with Crippen molar-refractivity contribution in [3.8, 4) is 5.75 Å². The number of ether oxygens (including phenoxy) is 1. The fraction of sp³-hybridized carbons (Fsp3) is 0.118. The molecular formula is C17H14FN3O2S. The predicted molar refractivity (Wildman–Crippen MR) is 89.4 cm³/mol. The summed E-state index contributed by atoms with van der Waals surface area (Å²) < 4.78 is 18.7. The van der Waals surface area contributed by atoms with Gasteiger partial charge < -0.3 is 10.1 Å². The van der Waals surface area contributed by atoms with E-state index in [1.165, 1.54) is 23.5 Å². The molecule has 0 atom stereocenters. The number of hydrogen-bond acceptors (Lipinski definition) is 5. The summed E-state index contributed by atoms with van der Waals surface area (Å²) in [7, 11) is 0. The van der Waals surface area contributed by atoms with Gasteiger partial charge in [-0.2, -0.15) is 0 Å². The lowest BCUT2D eigenvalue weighted by atomic mass is 10.3. The van der Waals surface area contributed by atoms with Gasteiger partial charge in [-0.05, 0) is 30.3 Å². The van der Waals surface area contributed by atoms with E-state index in [1.807, 2.05) is 11.4 Å². The van der Waals surface area contributed by atoms with Gasteiger partial charge in [0.05, 0.1) is 18.3 Å². The number of amides is 1. The number of hydrogen-bond donors (Lipinski definition) is 1. The molecule has 0 aliphatic carbocycles. The molecule has 0 radical (unpaired) electrons. The van der Waals surface area contributed by atoms with Crippen molar-refractivity contribution in [3.63, 3.8) is 0 Å². The number of carbonyl (C=O) groups is 1. The molecule has 0 spiro atoms. The van der Waals surface area contributed by atoms with Gasteiger partial charge in [0.2, 0.25) is 5.91 Å². The zero-order valence-electron chi connectivity index (χ0n) is 12.6. The molecule has 0 aliphatic heterocycles. The maximum atomic E-state index is 13.1. The molecule has 1 aromatic carbocycles. The fourth-order valence-electron chi connectivity index (χ4n) is 2.01. The van der Waals surface area contributed by atoms with Gasteiger partial charge in [-0.1, -0.05) is 6.07 Å². The molecule has 0 aliphatic rings. The Kier molecular flexibility index (Phi) is 5.12. The molecule has 0 unspecified atom stereocenters. The quantitative estimate of drug-likeness (QED) is 0.745. The molecular weight excluding hydrogens is 329 g/mol. The molecule has 1 amide bonds. The Labute approximate surface area is 142 Å². The van der Waals surface area contributed by atoms with Gasteiger partial charge in [0.15, 0.2) is 0 Å². The van der Waals surface area contributed by atoms with Crippen LogP contribution in [0.2, 0.25) is 0 Å². The van der Waals surface area contributed by atoms with Crippen LogP contribution in [0.5, 0.6) is 5.75 Å². The van der Waals surface area contributed by atoms with Crippen LogP contribution in [0.3, 0.4) is 0 Å². The lowest BCUT2D eigenvalue weighted by Crippen LogP contribution is -2.14. The third kappa shape index (κ3) is 4.60. The van der Waals surface area contributed by atoms with Crippen LogP contribution < -0.4 is 10.1 Å². The first-order valence-electron chi connectivity index (χ1n) is 7.20. The van der Waals surface area contributed by atoms with Crippen molar-refractivity contribution in [2.24, 2.45) is 0 Å². The Morgan fingerprint density at radius 3 is 3.00 bits per heavy atom. The largest absolute Gasteiger partial charge is 0.485 e. The number of halogens is 1. The molecule has 2 heterocycles. The van der Waals surface area contributed by atoms with Gasteiger partial charge in [0.1, 0.15) is 23.2 Å². The second-order valence-corrected chi connectivity index (χ2v) is 5.89. The predicted octanol–water partition coefficient (Wildman–Crippen LogP) is 3.44. The first-order chi connectivity index (χ1) is 11.7. The minimum atomic E-state index is -0.392. The van der Waals surface area contributed by atoms with Crippen molar-refractivity contribution in [2.75, 3.05) is 5.32 Å². The first-order valence-corrected chi connectivity index (χ1v) is 8.08. The number of pyridine rings is 1. The zero-order chi connectivity index (χ0) is 16.8. The van der Waals surface area contributed by atoms with Crippen molar-refractivity contribution in [1.29, 1.82) is 0 Å². The van der Waals surface area contributed by atoms with Gasteiger partial charge in [-0.3, -0.25) is 9.78 Å². The Hall–Kier alpha value is -2.80. The average Bonchev–Trinajstić information content (AvgIpc) is 3.01. The molecule has 2 aromatic heterocycles. The lowest BCUT2D eigenvalue weighted by Gasteiger charge is -2.04. The SMILES string of the molecule is O=C(Cc1csc(COc2cccnc2)n1)Nc1cccc(F)c1. The fourth-order valence-corrected chi connectivity index (χ4v) is 2.71. The normalized spacial score (nSPS) is 10.4. The molecule has 122 valence electrons. The van der Waals surface area contributed by atoms with E-state index in [9.17, 15) is 9.18 Å². The average molecular weight is 343 g/mol. The molecule has 24 heavy (non-hydrogen) atoms. The van der Waals surface area contributed by atoms with Crippen LogP contribution in [0.1, 0.15) is 10.7 Å². The molecule has 0 saturated heterocycles. The zero-order valence-corrected chi connectivity index (χ0v) is 13.4. The highest BCUT2D eigenvalue weighted by Gasteiger charge is 2.09. The van der Waals surface area contributed by atoms with Crippen molar-refractivity contribution >= 4 is 22.9 Å². The summed E-state index contributed by atoms with van der Waals surface area (Å²) >= 11 is 1.42. The maximum Gasteiger partial charge on any atom is 0.230 e. The van der Waals surface area contributed by atoms with E-state index in [0.717, 1.165) is 5.01 Å². The van der Waals surface area contributed by atoms with E-state index >= 15 is 0 Å². The lowest BCUT2D eigenvalue weighted by molar-refractivity contribution is -0.115. The van der Waals surface area contributed by atoms with Crippen LogP contribution in [-0.2, 0) is 17.8 Å². The van der Waals surface area contributed by atoms with Crippen LogP contribution in [0, 0.1) is 5.82 Å². The van der Waals surface area contributed by atoms with Crippen LogP contribution in [-0.4, -0.2) is 15.9 Å². The van der Waals surface area contributed by atoms with E-state index in [1.54, 1.807) is 30.6 Å². The standard InChI is InChI=1S/C17H14FN3O2S/c18-12-3-1-4-13(7-12)20-16(22)8-14-11-24-17(21-14)10-23-15-5-2-6-19-9-15/h1-7,9,11H,8,10H2,(H,20,22). The minimum absolute atomic E-state index is 0.125. The highest BCUT2D eigenvalue weighted by molar-refractivity contribution is 7.09. The van der Waals surface area contributed by atoms with E-state index in [4.69, 9.17) is 4.74 Å². The Balaban J connectivity index is 1.53. The van der Waals surface area contributed by atoms with Crippen molar-refractivity contribution in [1.82, 2.24) is 9.97 Å². The van der Waals surface area contributed by atoms with Crippen molar-refractivity contribution < 1.29 is 13.9 Å². The Morgan fingerprint density at radius 1 is 1.29 bits per heavy atom. The minimum Gasteiger partial charge on any atom is -0.485 e. The van der Waals surface area contributed by atoms with Gasteiger partial charge in [-0.15, -0.1) is 11.3 Å². The number of anilines is 1. The molecule has 7 heteroatoms. The molecule has 3 rings (SSSR count). The second-order valence-electron chi connectivity index (χ2n) is 4.95. The molecule has 3 aromatic rings. The highest BCUT2D eigenvalue weighted by atomic mass is 32.1. The van der Waals surface area contributed by atoms with Gasteiger partial charge in [0, 0.05) is 17.3 Å². The topological polar surface area (TPSA) is 64.1 Å². The van der Waals surface area contributed by atoms with Crippen molar-refractivity contribution in [2.45, 2.75) is 13.0 Å². The number of rotatable bonds is 6. The van der Waals surface area contributed by atoms with Crippen LogP contribution >= 0.6 is 11.3 Å². The van der Waals surface area contributed by atoms with E-state index in [2.05, 4.69) is 15.3 Å². The van der Waals surface area contributed by atoms with Gasteiger partial charge in [0.25, 0.3) is 0 Å². The molecule has 0 saturated carbocycles. The maximum absolute atomic E-state index is 13.1. The molecule has 0 fully saturated rings. The van der Waals surface area contributed by atoms with Crippen LogP contribution in [0.4, 0.5) is 10.1 Å². The number of nitrogens with one attached hydrogen (secondary N) is 1. The number of carbonyl (C=O) groups excluding carboxylic acids is 1. The van der Waals surface area contributed by atoms with Gasteiger partial charge in [-0.25, -0.2) is 9.37 Å². The van der Waals surface area contributed by atoms with E-state index in [0.29, 0.717) is 23.7 Å². The van der Waals surface area contributed by atoms with Crippen LogP contribution in [0.15, 0.2) is 54.2 Å². The summed E-state index contributed by atoms with van der Waals surface area (Å²) in [5.74, 6) is 0.0278. The van der Waals surface area contributed by atoms with E-state index < -0.39 is 5.82 Å². The summed E-state index contributed by atoms with van der Waals surface area (Å²) in [5.41, 5.74) is 1.08. The summed E-state index contributed by atoms with van der Waals surface area (Å²) in [6.45, 7) is 0.321. The summed E-state index contributed by atoms with van der Waals surface area (Å²) in [5, 5.41) is 5.23. The smallest absolute Gasteiger partial charge is 0.230 e. The summed E-state index contributed by atoms with van der Waals surface area (Å²) in [4.78, 5) is 20.3. The van der Waals surface area contributed by atoms with E-state index in [-0.39, 0.29) is 12.3 Å². The molecule has 5 nitrogen and oxygen atoms in total. The Bertz CT molecular complexity index is 823. The van der Waals surface area contributed by atoms with Crippen LogP contribution in [0.25, 0.3) is 0 Å². The summed E-state index contributed by atoms with van der Waals surface area (Å²) in [6, 6.07) is 9.38. The van der Waals surface area contributed by atoms with Crippen molar-refractivity contribution in [3.05, 3.63) is 70.7 Å². The highest BCUT2D eigenvalue weighted by Crippen LogP contribution is 2.15. The number of aromatic nitrogens is 2. The number of thiazole rings is 1. The summed E-state index contributed by atoms with van der Waals surface area (Å²) in [6.07, 6.45) is 3.42. The third-order valence-electron chi connectivity index (χ3n) is 3.05. The molecule has 1 N–H and O–H groups in total. The number of nitrogens with zero attached hydrogens (tertiary/aromatic N) is 2. The third-order valence-corrected chi connectivity index (χ3v) is 3.92. The first kappa shape index (κ1) is 16.1.